The molecular weight excluding hydrogens is 272 g/mol. The van der Waals surface area contributed by atoms with E-state index in [1.54, 1.807) is 13.0 Å². The highest BCUT2D eigenvalue weighted by Gasteiger charge is 2.28. The number of piperidine rings is 1. The van der Waals surface area contributed by atoms with Crippen molar-refractivity contribution in [2.75, 3.05) is 13.1 Å². The van der Waals surface area contributed by atoms with Crippen LogP contribution in [0.2, 0.25) is 0 Å². The molecule has 2 atom stereocenters. The van der Waals surface area contributed by atoms with Crippen LogP contribution in [0, 0.1) is 12.8 Å². The molecule has 0 aliphatic carbocycles. The minimum Gasteiger partial charge on any atom is -0.361 e. The zero-order valence-electron chi connectivity index (χ0n) is 9.44. The smallest absolute Gasteiger partial charge is 0.276 e. The lowest BCUT2D eigenvalue weighted by Crippen LogP contribution is -2.43. The Kier molecular flexibility index (Phi) is 3.33. The van der Waals surface area contributed by atoms with E-state index in [-0.39, 0.29) is 5.91 Å². The fourth-order valence-corrected chi connectivity index (χ4v) is 2.30. The van der Waals surface area contributed by atoms with E-state index in [1.165, 1.54) is 0 Å². The molecular formula is C11H15BrN2O2. The Balaban J connectivity index is 2.06. The maximum atomic E-state index is 12.1. The van der Waals surface area contributed by atoms with Gasteiger partial charge in [-0.3, -0.25) is 4.79 Å². The largest absolute Gasteiger partial charge is 0.361 e. The Morgan fingerprint density at radius 1 is 1.69 bits per heavy atom. The third-order valence-electron chi connectivity index (χ3n) is 2.93. The molecule has 2 heterocycles. The van der Waals surface area contributed by atoms with Crippen molar-refractivity contribution >= 4 is 21.8 Å². The van der Waals surface area contributed by atoms with Gasteiger partial charge in [-0.1, -0.05) is 28.0 Å². The van der Waals surface area contributed by atoms with Gasteiger partial charge >= 0.3 is 0 Å². The molecule has 1 fully saturated rings. The number of hydrogen-bond acceptors (Lipinski definition) is 3. The van der Waals surface area contributed by atoms with Crippen molar-refractivity contribution in [2.45, 2.75) is 25.1 Å². The van der Waals surface area contributed by atoms with Crippen LogP contribution >= 0.6 is 15.9 Å². The summed E-state index contributed by atoms with van der Waals surface area (Å²) in [4.78, 5) is 14.4. The number of rotatable bonds is 1. The minimum absolute atomic E-state index is 0.0249. The first kappa shape index (κ1) is 11.6. The number of carbonyl (C=O) groups is 1. The molecule has 0 N–H and O–H groups in total. The summed E-state index contributed by atoms with van der Waals surface area (Å²) >= 11 is 3.62. The SMILES string of the molecule is Cc1cc(C(=O)N2CCC(Br)C(C)C2)no1. The molecule has 2 unspecified atom stereocenters. The third kappa shape index (κ3) is 2.29. The predicted molar refractivity (Wildman–Crippen MR) is 63.6 cm³/mol. The van der Waals surface area contributed by atoms with E-state index in [0.29, 0.717) is 22.2 Å². The van der Waals surface area contributed by atoms with Crippen LogP contribution in [0.25, 0.3) is 0 Å². The Morgan fingerprint density at radius 2 is 2.44 bits per heavy atom. The predicted octanol–water partition coefficient (Wildman–Crippen LogP) is 2.23. The maximum Gasteiger partial charge on any atom is 0.276 e. The Bertz CT molecular complexity index is 391. The lowest BCUT2D eigenvalue weighted by Gasteiger charge is -2.33. The number of likely N-dealkylation sites (tertiary alicyclic amines) is 1. The number of hydrogen-bond donors (Lipinski definition) is 0. The fraction of sp³-hybridized carbons (Fsp3) is 0.636. The van der Waals surface area contributed by atoms with Gasteiger partial charge in [-0.15, -0.1) is 0 Å². The molecule has 1 saturated heterocycles. The second-order valence-electron chi connectivity index (χ2n) is 4.36. The topological polar surface area (TPSA) is 46.3 Å². The number of nitrogens with zero attached hydrogens (tertiary/aromatic N) is 2. The molecule has 0 aromatic carbocycles. The van der Waals surface area contributed by atoms with Crippen molar-refractivity contribution < 1.29 is 9.32 Å². The van der Waals surface area contributed by atoms with E-state index >= 15 is 0 Å². The van der Waals surface area contributed by atoms with Crippen LogP contribution in [0.15, 0.2) is 10.6 Å². The van der Waals surface area contributed by atoms with E-state index in [9.17, 15) is 4.79 Å². The zero-order chi connectivity index (χ0) is 11.7. The van der Waals surface area contributed by atoms with Crippen molar-refractivity contribution in [1.82, 2.24) is 10.1 Å². The summed E-state index contributed by atoms with van der Waals surface area (Å²) in [6.07, 6.45) is 0.990. The highest BCUT2D eigenvalue weighted by atomic mass is 79.9. The fourth-order valence-electron chi connectivity index (χ4n) is 1.93. The van der Waals surface area contributed by atoms with E-state index in [4.69, 9.17) is 4.52 Å². The highest BCUT2D eigenvalue weighted by Crippen LogP contribution is 2.24. The Hall–Kier alpha value is -0.840. The number of amides is 1. The Morgan fingerprint density at radius 3 is 3.00 bits per heavy atom. The van der Waals surface area contributed by atoms with Gasteiger partial charge in [0.25, 0.3) is 5.91 Å². The molecule has 16 heavy (non-hydrogen) atoms. The average molecular weight is 287 g/mol. The molecule has 0 spiro atoms. The van der Waals surface area contributed by atoms with Gasteiger partial charge in [-0.2, -0.15) is 0 Å². The van der Waals surface area contributed by atoms with Gasteiger partial charge in [-0.25, -0.2) is 0 Å². The normalized spacial score (nSPS) is 25.8. The molecule has 5 heteroatoms. The number of halogens is 1. The number of carbonyl (C=O) groups excluding carboxylic acids is 1. The second-order valence-corrected chi connectivity index (χ2v) is 5.53. The molecule has 88 valence electrons. The first-order valence-electron chi connectivity index (χ1n) is 5.44. The monoisotopic (exact) mass is 286 g/mol. The number of aryl methyl sites for hydroxylation is 1. The molecule has 1 aliphatic heterocycles. The van der Waals surface area contributed by atoms with E-state index in [0.717, 1.165) is 19.5 Å². The Labute approximate surface area is 103 Å². The number of aromatic nitrogens is 1. The van der Waals surface area contributed by atoms with Crippen LogP contribution in [0.4, 0.5) is 0 Å². The molecule has 4 nitrogen and oxygen atoms in total. The van der Waals surface area contributed by atoms with Crippen molar-refractivity contribution in [1.29, 1.82) is 0 Å². The van der Waals surface area contributed by atoms with Crippen molar-refractivity contribution in [3.8, 4) is 0 Å². The molecule has 0 bridgehead atoms. The summed E-state index contributed by atoms with van der Waals surface area (Å²) in [6.45, 7) is 5.50. The van der Waals surface area contributed by atoms with Gasteiger partial charge in [0.15, 0.2) is 5.69 Å². The van der Waals surface area contributed by atoms with Crippen LogP contribution in [-0.2, 0) is 0 Å². The molecule has 1 aromatic heterocycles. The summed E-state index contributed by atoms with van der Waals surface area (Å²) in [7, 11) is 0. The highest BCUT2D eigenvalue weighted by molar-refractivity contribution is 9.09. The molecule has 1 aromatic rings. The van der Waals surface area contributed by atoms with Crippen molar-refractivity contribution in [3.63, 3.8) is 0 Å². The first-order valence-corrected chi connectivity index (χ1v) is 6.36. The molecule has 1 amide bonds. The molecule has 0 radical (unpaired) electrons. The van der Waals surface area contributed by atoms with E-state index in [1.807, 2.05) is 4.90 Å². The lowest BCUT2D eigenvalue weighted by atomic mass is 10.00. The van der Waals surface area contributed by atoms with Crippen LogP contribution < -0.4 is 0 Å². The molecule has 1 aliphatic rings. The van der Waals surface area contributed by atoms with E-state index < -0.39 is 0 Å². The van der Waals surface area contributed by atoms with Gasteiger partial charge < -0.3 is 9.42 Å². The van der Waals surface area contributed by atoms with Gasteiger partial charge in [0.1, 0.15) is 5.76 Å². The van der Waals surface area contributed by atoms with Gasteiger partial charge in [0.05, 0.1) is 0 Å². The molecule has 0 saturated carbocycles. The van der Waals surface area contributed by atoms with Gasteiger partial charge in [-0.05, 0) is 19.3 Å². The van der Waals surface area contributed by atoms with Crippen LogP contribution in [-0.4, -0.2) is 33.9 Å². The summed E-state index contributed by atoms with van der Waals surface area (Å²) in [5, 5.41) is 3.76. The van der Waals surface area contributed by atoms with Crippen LogP contribution in [0.5, 0.6) is 0 Å². The van der Waals surface area contributed by atoms with Gasteiger partial charge in [0, 0.05) is 24.0 Å². The van der Waals surface area contributed by atoms with Gasteiger partial charge in [0.2, 0.25) is 0 Å². The third-order valence-corrected chi connectivity index (χ3v) is 4.30. The maximum absolute atomic E-state index is 12.1. The molecule has 2 rings (SSSR count). The summed E-state index contributed by atoms with van der Waals surface area (Å²) < 4.78 is 4.92. The minimum atomic E-state index is -0.0249. The lowest BCUT2D eigenvalue weighted by molar-refractivity contribution is 0.0680. The van der Waals surface area contributed by atoms with Crippen LogP contribution in [0.1, 0.15) is 29.6 Å². The first-order chi connectivity index (χ1) is 7.58. The second kappa shape index (κ2) is 4.57. The van der Waals surface area contributed by atoms with Crippen molar-refractivity contribution in [2.24, 2.45) is 5.92 Å². The average Bonchev–Trinajstić information content (AvgIpc) is 2.68. The summed E-state index contributed by atoms with van der Waals surface area (Å²) in [5.41, 5.74) is 0.415. The van der Waals surface area contributed by atoms with E-state index in [2.05, 4.69) is 28.0 Å². The van der Waals surface area contributed by atoms with Crippen LogP contribution in [0.3, 0.4) is 0 Å². The quantitative estimate of drug-likeness (QED) is 0.744. The zero-order valence-corrected chi connectivity index (χ0v) is 11.0. The number of alkyl halides is 1. The van der Waals surface area contributed by atoms with Crippen molar-refractivity contribution in [3.05, 3.63) is 17.5 Å². The standard InChI is InChI=1S/C11H15BrN2O2/c1-7-6-14(4-3-9(7)12)11(15)10-5-8(2)16-13-10/h5,7,9H,3-4,6H2,1-2H3. The summed E-state index contributed by atoms with van der Waals surface area (Å²) in [6, 6.07) is 1.69. The summed E-state index contributed by atoms with van der Waals surface area (Å²) in [5.74, 6) is 1.13.